The number of anilines is 1. The van der Waals surface area contributed by atoms with Crippen molar-refractivity contribution in [1.82, 2.24) is 4.98 Å². The summed E-state index contributed by atoms with van der Waals surface area (Å²) in [5.41, 5.74) is 0.869. The monoisotopic (exact) mass is 488 g/mol. The summed E-state index contributed by atoms with van der Waals surface area (Å²) in [7, 11) is 3.75. The highest BCUT2D eigenvalue weighted by atomic mass is 35.5. The van der Waals surface area contributed by atoms with Crippen LogP contribution in [0.3, 0.4) is 0 Å². The van der Waals surface area contributed by atoms with Crippen LogP contribution < -0.4 is 14.7 Å². The summed E-state index contributed by atoms with van der Waals surface area (Å²) in [5, 5.41) is 19.4. The number of fused-ring (bicyclic) bond motifs is 1. The zero-order chi connectivity index (χ0) is 24.1. The molecule has 0 aliphatic carbocycles. The van der Waals surface area contributed by atoms with Crippen molar-refractivity contribution in [2.45, 2.75) is 0 Å². The van der Waals surface area contributed by atoms with Gasteiger partial charge >= 0.3 is 11.9 Å². The quantitative estimate of drug-likeness (QED) is 0.130. The Morgan fingerprint density at radius 2 is 1.70 bits per heavy atom. The Kier molecular flexibility index (Phi) is 7.47. The molecule has 11 heteroatoms. The molecule has 33 heavy (non-hydrogen) atoms. The second-order valence-corrected chi connectivity index (χ2v) is 7.46. The summed E-state index contributed by atoms with van der Waals surface area (Å²) in [5.74, 6) is -3.21. The van der Waals surface area contributed by atoms with Crippen molar-refractivity contribution in [3.8, 4) is 0 Å². The summed E-state index contributed by atoms with van der Waals surface area (Å²) in [6.45, 7) is 0. The summed E-state index contributed by atoms with van der Waals surface area (Å²) in [4.78, 5) is 29.0. The van der Waals surface area contributed by atoms with Gasteiger partial charge in [0, 0.05) is 23.2 Å². The minimum atomic E-state index is -1.23. The van der Waals surface area contributed by atoms with Gasteiger partial charge in [-0.25, -0.2) is 19.6 Å². The number of benzene rings is 2. The predicted octanol–water partition coefficient (Wildman–Crippen LogP) is 2.17. The molecule has 0 unspecified atom stereocenters. The molecule has 0 saturated carbocycles. The van der Waals surface area contributed by atoms with Gasteiger partial charge in [0.05, 0.1) is 26.2 Å². The first kappa shape index (κ1) is 24.0. The fraction of sp³-hybridized carbons (Fsp3) is 0.136. The van der Waals surface area contributed by atoms with E-state index in [0.717, 1.165) is 19.8 Å². The molecule has 3 rings (SSSR count). The van der Waals surface area contributed by atoms with Crippen molar-refractivity contribution in [3.63, 3.8) is 0 Å². The Morgan fingerprint density at radius 1 is 1.06 bits per heavy atom. The molecule has 0 spiro atoms. The fourth-order valence-corrected chi connectivity index (χ4v) is 3.10. The Morgan fingerprint density at radius 3 is 2.33 bits per heavy atom. The van der Waals surface area contributed by atoms with E-state index in [1.165, 1.54) is 21.8 Å². The number of rotatable bonds is 6. The second-order valence-electron chi connectivity index (χ2n) is 6.58. The average Bonchev–Trinajstić information content (AvgIpc) is 2.82. The highest BCUT2D eigenvalue weighted by Gasteiger charge is 2.30. The number of hydrogen-bond acceptors (Lipinski definition) is 8. The molecule has 170 valence electrons. The van der Waals surface area contributed by atoms with Crippen LogP contribution in [-0.4, -0.2) is 44.4 Å². The number of ether oxygens (including phenoxy) is 2. The van der Waals surface area contributed by atoms with E-state index in [0.29, 0.717) is 21.1 Å². The molecule has 0 fully saturated rings. The van der Waals surface area contributed by atoms with Crippen molar-refractivity contribution in [2.75, 3.05) is 26.3 Å². The lowest BCUT2D eigenvalue weighted by atomic mass is 10.2. The van der Waals surface area contributed by atoms with Crippen LogP contribution in [0.4, 0.5) is 5.82 Å². The minimum Gasteiger partial charge on any atom is -0.863 e. The van der Waals surface area contributed by atoms with Gasteiger partial charge in [-0.2, -0.15) is 5.10 Å². The van der Waals surface area contributed by atoms with Crippen LogP contribution in [0.15, 0.2) is 59.5 Å². The number of halogens is 2. The molecule has 0 amide bonds. The van der Waals surface area contributed by atoms with Gasteiger partial charge in [0.25, 0.3) is 5.70 Å². The highest BCUT2D eigenvalue weighted by molar-refractivity contribution is 6.31. The molecule has 0 atom stereocenters. The number of hydrazone groups is 1. The van der Waals surface area contributed by atoms with Crippen molar-refractivity contribution in [1.29, 1.82) is 0 Å². The molecule has 0 aliphatic rings. The van der Waals surface area contributed by atoms with Gasteiger partial charge in [0.15, 0.2) is 0 Å². The molecule has 9 nitrogen and oxygen atoms in total. The van der Waals surface area contributed by atoms with Gasteiger partial charge in [-0.05, 0) is 29.8 Å². The zero-order valence-electron chi connectivity index (χ0n) is 17.8. The van der Waals surface area contributed by atoms with Crippen LogP contribution in [0.1, 0.15) is 5.56 Å². The highest BCUT2D eigenvalue weighted by Crippen LogP contribution is 2.20. The zero-order valence-corrected chi connectivity index (χ0v) is 19.3. The maximum absolute atomic E-state index is 12.7. The van der Waals surface area contributed by atoms with Gasteiger partial charge in [-0.15, -0.1) is 4.57 Å². The van der Waals surface area contributed by atoms with E-state index in [4.69, 9.17) is 27.9 Å². The van der Waals surface area contributed by atoms with E-state index in [-0.39, 0.29) is 5.82 Å². The molecule has 0 N–H and O–H groups in total. The van der Waals surface area contributed by atoms with Gasteiger partial charge in [0.2, 0.25) is 17.5 Å². The standard InChI is InChI=1S/C22H18Cl2N4O5/c1-27(25-11-13-4-6-14(23)7-5-13)18-12-28(17-10-15(24)8-9-16(17)26-18)19(21(30)32-2)20(29)22(31)33-3/h4-12H,1-3H3/b25-11+. The molecular weight excluding hydrogens is 471 g/mol. The lowest BCUT2D eigenvalue weighted by Crippen LogP contribution is -2.43. The smallest absolute Gasteiger partial charge is 0.403 e. The summed E-state index contributed by atoms with van der Waals surface area (Å²) in [6.07, 6.45) is 2.95. The fourth-order valence-electron chi connectivity index (χ4n) is 2.81. The first-order chi connectivity index (χ1) is 15.7. The number of carbonyl (C=O) groups is 2. The SMILES string of the molecule is COC(=O)/C([O-])=C(\C(=O)OC)[n+]1cc(N(C)/N=C/c2ccc(Cl)cc2)nc2ccc(Cl)cc21. The van der Waals surface area contributed by atoms with E-state index in [1.807, 2.05) is 0 Å². The third-order valence-corrected chi connectivity index (χ3v) is 4.95. The van der Waals surface area contributed by atoms with E-state index >= 15 is 0 Å². The molecule has 0 bridgehead atoms. The van der Waals surface area contributed by atoms with Gasteiger partial charge in [0.1, 0.15) is 5.52 Å². The molecule has 0 radical (unpaired) electrons. The van der Waals surface area contributed by atoms with Gasteiger partial charge in [-0.1, -0.05) is 35.3 Å². The molecule has 1 aromatic heterocycles. The third-order valence-electron chi connectivity index (χ3n) is 4.46. The third kappa shape index (κ3) is 5.39. The number of methoxy groups -OCH3 is 2. The van der Waals surface area contributed by atoms with Crippen molar-refractivity contribution in [2.24, 2.45) is 5.10 Å². The molecule has 0 saturated heterocycles. The van der Waals surface area contributed by atoms with Crippen LogP contribution >= 0.6 is 23.2 Å². The Balaban J connectivity index is 2.19. The average molecular weight is 489 g/mol. The lowest BCUT2D eigenvalue weighted by molar-refractivity contribution is -0.554. The van der Waals surface area contributed by atoms with Gasteiger partial charge in [-0.3, -0.25) is 0 Å². The predicted molar refractivity (Wildman–Crippen MR) is 122 cm³/mol. The van der Waals surface area contributed by atoms with Crippen molar-refractivity contribution in [3.05, 3.63) is 70.0 Å². The largest absolute Gasteiger partial charge is 0.863 e. The lowest BCUT2D eigenvalue weighted by Gasteiger charge is -2.15. The topological polar surface area (TPSA) is 108 Å². The maximum Gasteiger partial charge on any atom is 0.403 e. The maximum atomic E-state index is 12.7. The molecule has 3 aromatic rings. The molecule has 1 heterocycles. The first-order valence-corrected chi connectivity index (χ1v) is 10.1. The summed E-state index contributed by atoms with van der Waals surface area (Å²) >= 11 is 12.0. The second kappa shape index (κ2) is 10.3. The minimum absolute atomic E-state index is 0.258. The molecule has 2 aromatic carbocycles. The van der Waals surface area contributed by atoms with E-state index in [1.54, 1.807) is 49.7 Å². The van der Waals surface area contributed by atoms with E-state index in [9.17, 15) is 14.7 Å². The van der Waals surface area contributed by atoms with Crippen LogP contribution in [0.25, 0.3) is 16.7 Å². The Labute approximate surface area is 199 Å². The Bertz CT molecular complexity index is 1280. The van der Waals surface area contributed by atoms with Crippen molar-refractivity contribution >= 4 is 63.9 Å². The number of esters is 2. The van der Waals surface area contributed by atoms with Crippen LogP contribution in [0.2, 0.25) is 10.0 Å². The van der Waals surface area contributed by atoms with Gasteiger partial charge < -0.3 is 14.6 Å². The molecule has 0 aliphatic heterocycles. The number of nitrogens with zero attached hydrogens (tertiary/aromatic N) is 4. The van der Waals surface area contributed by atoms with E-state index in [2.05, 4.69) is 14.8 Å². The molecular formula is C22H18Cl2N4O5. The van der Waals surface area contributed by atoms with Crippen LogP contribution in [0, 0.1) is 0 Å². The van der Waals surface area contributed by atoms with Crippen LogP contribution in [0.5, 0.6) is 0 Å². The normalized spacial score (nSPS) is 11.9. The first-order valence-electron chi connectivity index (χ1n) is 9.38. The van der Waals surface area contributed by atoms with E-state index < -0.39 is 23.4 Å². The van der Waals surface area contributed by atoms with Crippen LogP contribution in [-0.2, 0) is 19.1 Å². The number of hydrogen-bond donors (Lipinski definition) is 0. The summed E-state index contributed by atoms with van der Waals surface area (Å²) in [6, 6.07) is 11.7. The number of carbonyl (C=O) groups excluding carboxylic acids is 2. The number of aromatic nitrogens is 2. The summed E-state index contributed by atoms with van der Waals surface area (Å²) < 4.78 is 10.4. The van der Waals surface area contributed by atoms with Crippen molar-refractivity contribution < 1.29 is 28.7 Å². The Hall–Kier alpha value is -3.69.